The van der Waals surface area contributed by atoms with Gasteiger partial charge >= 0.3 is 0 Å². The average Bonchev–Trinajstić information content (AvgIpc) is 2.29. The molecule has 0 fully saturated rings. The molecule has 0 N–H and O–H groups in total. The summed E-state index contributed by atoms with van der Waals surface area (Å²) < 4.78 is 0. The highest BCUT2D eigenvalue weighted by Crippen LogP contribution is 2.28. The maximum absolute atomic E-state index is 11.6. The molecule has 78 valence electrons. The molecular weight excluding hydrogens is 188 g/mol. The number of nitrogens with zero attached hydrogens (tertiary/aromatic N) is 2. The van der Waals surface area contributed by atoms with Gasteiger partial charge in [-0.15, -0.1) is 0 Å². The van der Waals surface area contributed by atoms with E-state index in [1.165, 1.54) is 11.6 Å². The lowest BCUT2D eigenvalue weighted by Gasteiger charge is -2.34. The Morgan fingerprint density at radius 1 is 1.73 bits per heavy atom. The van der Waals surface area contributed by atoms with Crippen LogP contribution in [0.2, 0.25) is 0 Å². The first-order valence-corrected chi connectivity index (χ1v) is 5.10. The van der Waals surface area contributed by atoms with E-state index in [0.29, 0.717) is 0 Å². The molecule has 1 aliphatic rings. The van der Waals surface area contributed by atoms with E-state index in [1.54, 1.807) is 6.20 Å². The molecule has 0 saturated heterocycles. The second-order valence-electron chi connectivity index (χ2n) is 3.74. The van der Waals surface area contributed by atoms with Crippen LogP contribution < -0.4 is 0 Å². The van der Waals surface area contributed by atoms with Gasteiger partial charge in [-0.1, -0.05) is 6.58 Å². The van der Waals surface area contributed by atoms with Crippen LogP contribution >= 0.6 is 0 Å². The standard InChI is InChI=1S/C12H14N2O/c1-3-12(15)14-7-5-10-4-6-13-8-11(10)9(14)2/h3-4,6,8-9H,1,5,7H2,2H3. The minimum atomic E-state index is -0.00277. The molecule has 1 aromatic heterocycles. The molecular formula is C12H14N2O. The van der Waals surface area contributed by atoms with E-state index in [-0.39, 0.29) is 11.9 Å². The van der Waals surface area contributed by atoms with Gasteiger partial charge in [0, 0.05) is 18.9 Å². The van der Waals surface area contributed by atoms with Crippen LogP contribution in [-0.4, -0.2) is 22.3 Å². The zero-order valence-corrected chi connectivity index (χ0v) is 8.81. The van der Waals surface area contributed by atoms with Gasteiger partial charge in [-0.05, 0) is 36.6 Å². The van der Waals surface area contributed by atoms with Crippen LogP contribution in [0.3, 0.4) is 0 Å². The predicted molar refractivity (Wildman–Crippen MR) is 58.3 cm³/mol. The number of carbonyl (C=O) groups is 1. The third-order valence-corrected chi connectivity index (χ3v) is 2.94. The molecule has 0 aliphatic carbocycles. The van der Waals surface area contributed by atoms with Crippen LogP contribution in [0.1, 0.15) is 24.1 Å². The van der Waals surface area contributed by atoms with Crippen molar-refractivity contribution < 1.29 is 4.79 Å². The Hall–Kier alpha value is -1.64. The lowest BCUT2D eigenvalue weighted by molar-refractivity contribution is -0.128. The van der Waals surface area contributed by atoms with Gasteiger partial charge in [0.1, 0.15) is 0 Å². The summed E-state index contributed by atoms with van der Waals surface area (Å²) >= 11 is 0. The molecule has 1 amide bonds. The Balaban J connectivity index is 2.33. The van der Waals surface area contributed by atoms with E-state index in [4.69, 9.17) is 0 Å². The molecule has 1 atom stereocenters. The average molecular weight is 202 g/mol. The number of hydrogen-bond acceptors (Lipinski definition) is 2. The van der Waals surface area contributed by atoms with Crippen molar-refractivity contribution in [1.82, 2.24) is 9.88 Å². The number of aromatic nitrogens is 1. The largest absolute Gasteiger partial charge is 0.332 e. The summed E-state index contributed by atoms with van der Waals surface area (Å²) in [6, 6.07) is 2.13. The van der Waals surface area contributed by atoms with Crippen molar-refractivity contribution >= 4 is 5.91 Å². The number of pyridine rings is 1. The van der Waals surface area contributed by atoms with E-state index >= 15 is 0 Å². The van der Waals surface area contributed by atoms with E-state index in [9.17, 15) is 4.79 Å². The molecule has 0 aromatic carbocycles. The van der Waals surface area contributed by atoms with Gasteiger partial charge in [0.15, 0.2) is 0 Å². The van der Waals surface area contributed by atoms with Crippen LogP contribution in [0.25, 0.3) is 0 Å². The SMILES string of the molecule is C=CC(=O)N1CCc2ccncc2C1C. The summed E-state index contributed by atoms with van der Waals surface area (Å²) in [7, 11) is 0. The first-order chi connectivity index (χ1) is 7.24. The van der Waals surface area contributed by atoms with Crippen LogP contribution in [0.4, 0.5) is 0 Å². The fourth-order valence-electron chi connectivity index (χ4n) is 2.06. The molecule has 15 heavy (non-hydrogen) atoms. The minimum Gasteiger partial charge on any atom is -0.332 e. The van der Waals surface area contributed by atoms with Crippen molar-refractivity contribution in [3.8, 4) is 0 Å². The zero-order valence-electron chi connectivity index (χ0n) is 8.81. The highest BCUT2D eigenvalue weighted by molar-refractivity contribution is 5.87. The normalized spacial score (nSPS) is 19.5. The topological polar surface area (TPSA) is 33.2 Å². The Morgan fingerprint density at radius 3 is 3.27 bits per heavy atom. The first-order valence-electron chi connectivity index (χ1n) is 5.10. The van der Waals surface area contributed by atoms with Crippen molar-refractivity contribution in [3.63, 3.8) is 0 Å². The first kappa shape index (κ1) is 9.90. The Morgan fingerprint density at radius 2 is 2.53 bits per heavy atom. The van der Waals surface area contributed by atoms with Crippen molar-refractivity contribution in [3.05, 3.63) is 42.2 Å². The monoisotopic (exact) mass is 202 g/mol. The summed E-state index contributed by atoms with van der Waals surface area (Å²) in [6.45, 7) is 6.32. The smallest absolute Gasteiger partial charge is 0.246 e. The van der Waals surface area contributed by atoms with Crippen molar-refractivity contribution in [2.45, 2.75) is 19.4 Å². The molecule has 2 rings (SSSR count). The third-order valence-electron chi connectivity index (χ3n) is 2.94. The molecule has 1 aromatic rings. The van der Waals surface area contributed by atoms with E-state index < -0.39 is 0 Å². The molecule has 0 spiro atoms. The zero-order chi connectivity index (χ0) is 10.8. The van der Waals surface area contributed by atoms with E-state index in [1.807, 2.05) is 24.1 Å². The van der Waals surface area contributed by atoms with E-state index in [2.05, 4.69) is 11.6 Å². The lowest BCUT2D eigenvalue weighted by atomic mass is 9.95. The van der Waals surface area contributed by atoms with Gasteiger partial charge in [-0.3, -0.25) is 9.78 Å². The summed E-state index contributed by atoms with van der Waals surface area (Å²) in [5.74, 6) is -0.00277. The minimum absolute atomic E-state index is 0.00277. The van der Waals surface area contributed by atoms with Gasteiger partial charge < -0.3 is 4.90 Å². The number of carbonyl (C=O) groups excluding carboxylic acids is 1. The molecule has 0 radical (unpaired) electrons. The number of rotatable bonds is 1. The van der Waals surface area contributed by atoms with E-state index in [0.717, 1.165) is 18.5 Å². The maximum Gasteiger partial charge on any atom is 0.246 e. The second kappa shape index (κ2) is 3.85. The molecule has 1 unspecified atom stereocenters. The Kier molecular flexibility index (Phi) is 2.54. The maximum atomic E-state index is 11.6. The summed E-state index contributed by atoms with van der Waals surface area (Å²) in [4.78, 5) is 17.5. The van der Waals surface area contributed by atoms with Gasteiger partial charge in [-0.2, -0.15) is 0 Å². The van der Waals surface area contributed by atoms with Gasteiger partial charge in [-0.25, -0.2) is 0 Å². The Labute approximate surface area is 89.4 Å². The molecule has 1 aliphatic heterocycles. The fraction of sp³-hybridized carbons (Fsp3) is 0.333. The van der Waals surface area contributed by atoms with Crippen molar-refractivity contribution in [2.24, 2.45) is 0 Å². The number of fused-ring (bicyclic) bond motifs is 1. The summed E-state index contributed by atoms with van der Waals surface area (Å²) in [5.41, 5.74) is 2.45. The quantitative estimate of drug-likeness (QED) is 0.649. The number of amides is 1. The summed E-state index contributed by atoms with van der Waals surface area (Å²) in [5, 5.41) is 0. The molecule has 3 nitrogen and oxygen atoms in total. The van der Waals surface area contributed by atoms with Crippen LogP contribution in [-0.2, 0) is 11.2 Å². The second-order valence-corrected chi connectivity index (χ2v) is 3.74. The molecule has 0 bridgehead atoms. The highest BCUT2D eigenvalue weighted by Gasteiger charge is 2.25. The Bertz CT molecular complexity index is 400. The predicted octanol–water partition coefficient (Wildman–Crippen LogP) is 1.71. The van der Waals surface area contributed by atoms with Gasteiger partial charge in [0.2, 0.25) is 5.91 Å². The van der Waals surface area contributed by atoms with Gasteiger partial charge in [0.25, 0.3) is 0 Å². The highest BCUT2D eigenvalue weighted by atomic mass is 16.2. The van der Waals surface area contributed by atoms with Gasteiger partial charge in [0.05, 0.1) is 6.04 Å². The lowest BCUT2D eigenvalue weighted by Crippen LogP contribution is -2.37. The summed E-state index contributed by atoms with van der Waals surface area (Å²) in [6.07, 6.45) is 5.93. The fourth-order valence-corrected chi connectivity index (χ4v) is 2.06. The molecule has 3 heteroatoms. The van der Waals surface area contributed by atoms with Crippen molar-refractivity contribution in [1.29, 1.82) is 0 Å². The van der Waals surface area contributed by atoms with Crippen LogP contribution in [0.15, 0.2) is 31.1 Å². The number of hydrogen-bond donors (Lipinski definition) is 0. The van der Waals surface area contributed by atoms with Crippen molar-refractivity contribution in [2.75, 3.05) is 6.54 Å². The molecule has 0 saturated carbocycles. The van der Waals surface area contributed by atoms with Crippen LogP contribution in [0, 0.1) is 0 Å². The molecule has 2 heterocycles. The third kappa shape index (κ3) is 1.65. The van der Waals surface area contributed by atoms with Crippen LogP contribution in [0.5, 0.6) is 0 Å².